The van der Waals surface area contributed by atoms with Crippen molar-refractivity contribution in [2.24, 2.45) is 50.2 Å². The van der Waals surface area contributed by atoms with Gasteiger partial charge >= 0.3 is 5.97 Å². The molecule has 24 heteroatoms. The first-order chi connectivity index (χ1) is 36.5. The summed E-state index contributed by atoms with van der Waals surface area (Å²) in [5, 5.41) is 162. The number of allylic oxidation sites excluding steroid dienone is 2. The summed E-state index contributed by atoms with van der Waals surface area (Å²) in [6.07, 6.45) is -29.0. The van der Waals surface area contributed by atoms with Crippen molar-refractivity contribution in [2.75, 3.05) is 26.4 Å². The molecule has 0 radical (unpaired) electrons. The maximum Gasteiger partial charge on any atom is 0.317 e. The zero-order valence-electron chi connectivity index (χ0n) is 45.6. The molecule has 448 valence electrons. The molecule has 0 aromatic carbocycles. The van der Waals surface area contributed by atoms with Crippen LogP contribution in [-0.4, -0.2) is 244 Å². The topological polar surface area (TPSA) is 394 Å². The maximum absolute atomic E-state index is 14.8. The maximum atomic E-state index is 14.8. The first-order valence-electron chi connectivity index (χ1n) is 27.9. The second-order valence-corrected chi connectivity index (χ2v) is 26.4. The zero-order chi connectivity index (χ0) is 57.1. The molecule has 29 atom stereocenters. The van der Waals surface area contributed by atoms with Gasteiger partial charge in [-0.25, -0.2) is 0 Å². The number of carbonyl (C=O) groups is 1. The summed E-state index contributed by atoms with van der Waals surface area (Å²) < 4.78 is 48.7. The van der Waals surface area contributed by atoms with Crippen LogP contribution in [0.4, 0.5) is 0 Å². The molecular formula is C54H88O24. The Morgan fingerprint density at radius 1 is 0.526 bits per heavy atom. The number of carbonyl (C=O) groups excluding carboxylic acids is 1. The van der Waals surface area contributed by atoms with Crippen LogP contribution < -0.4 is 0 Å². The van der Waals surface area contributed by atoms with Gasteiger partial charge in [0.1, 0.15) is 103 Å². The highest BCUT2D eigenvalue weighted by atomic mass is 16.8. The largest absolute Gasteiger partial charge is 0.432 e. The monoisotopic (exact) mass is 1120 g/mol. The predicted octanol–water partition coefficient (Wildman–Crippen LogP) is -3.06. The van der Waals surface area contributed by atoms with Gasteiger partial charge in [-0.1, -0.05) is 60.1 Å². The third-order valence-electron chi connectivity index (χ3n) is 21.5. The van der Waals surface area contributed by atoms with E-state index in [9.17, 15) is 81.4 Å². The van der Waals surface area contributed by atoms with Gasteiger partial charge in [0.05, 0.1) is 38.6 Å². The molecular weight excluding hydrogens is 1030 g/mol. The van der Waals surface area contributed by atoms with Crippen LogP contribution in [-0.2, 0) is 42.7 Å². The molecule has 4 aliphatic heterocycles. The molecule has 4 saturated heterocycles. The van der Waals surface area contributed by atoms with Crippen molar-refractivity contribution in [3.63, 3.8) is 0 Å². The van der Waals surface area contributed by atoms with Gasteiger partial charge in [-0.05, 0) is 103 Å². The summed E-state index contributed by atoms with van der Waals surface area (Å²) in [5.74, 6) is -1.22. The van der Waals surface area contributed by atoms with Crippen molar-refractivity contribution < 1.29 is 119 Å². The van der Waals surface area contributed by atoms with Crippen LogP contribution in [0.2, 0.25) is 0 Å². The number of hydrogen-bond donors (Lipinski definition) is 15. The summed E-state index contributed by atoms with van der Waals surface area (Å²) in [6, 6.07) is 0. The lowest BCUT2D eigenvalue weighted by molar-refractivity contribution is -0.399. The highest BCUT2D eigenvalue weighted by molar-refractivity contribution is 5.80. The Labute approximate surface area is 453 Å². The fraction of sp³-hybridized carbons (Fsp3) is 0.944. The van der Waals surface area contributed by atoms with Gasteiger partial charge in [0.2, 0.25) is 6.29 Å². The first kappa shape index (κ1) is 60.9. The van der Waals surface area contributed by atoms with Crippen molar-refractivity contribution in [2.45, 2.75) is 241 Å². The molecule has 4 saturated carbocycles. The molecule has 0 spiro atoms. The molecule has 0 unspecified atom stereocenters. The van der Waals surface area contributed by atoms with Crippen LogP contribution in [0, 0.1) is 50.2 Å². The third kappa shape index (κ3) is 9.67. The van der Waals surface area contributed by atoms with Crippen LogP contribution >= 0.6 is 0 Å². The van der Waals surface area contributed by atoms with E-state index < -0.39 is 195 Å². The fourth-order valence-electron chi connectivity index (χ4n) is 16.6. The molecule has 0 amide bonds. The number of esters is 1. The van der Waals surface area contributed by atoms with Crippen LogP contribution in [0.15, 0.2) is 11.6 Å². The minimum atomic E-state index is -1.95. The van der Waals surface area contributed by atoms with Crippen molar-refractivity contribution in [1.29, 1.82) is 0 Å². The Hall–Kier alpha value is -1.67. The van der Waals surface area contributed by atoms with Gasteiger partial charge in [0.25, 0.3) is 0 Å². The molecule has 9 aliphatic rings. The molecule has 15 N–H and O–H groups in total. The highest BCUT2D eigenvalue weighted by Crippen LogP contribution is 2.76. The molecule has 0 aromatic rings. The van der Waals surface area contributed by atoms with Crippen LogP contribution in [0.3, 0.4) is 0 Å². The molecule has 0 aromatic heterocycles. The third-order valence-corrected chi connectivity index (χ3v) is 21.5. The Kier molecular flexibility index (Phi) is 17.2. The second kappa shape index (κ2) is 22.1. The normalized spacial score (nSPS) is 53.9. The number of fused-ring (bicyclic) bond motifs is 7. The molecule has 24 nitrogen and oxygen atoms in total. The predicted molar refractivity (Wildman–Crippen MR) is 264 cm³/mol. The van der Waals surface area contributed by atoms with E-state index >= 15 is 0 Å². The van der Waals surface area contributed by atoms with E-state index in [1.54, 1.807) is 0 Å². The Bertz CT molecular complexity index is 2140. The molecule has 9 rings (SSSR count). The molecule has 0 bridgehead atoms. The van der Waals surface area contributed by atoms with E-state index in [0.29, 0.717) is 44.9 Å². The molecule has 4 heterocycles. The number of ether oxygens (including phenoxy) is 8. The fourth-order valence-corrected chi connectivity index (χ4v) is 16.6. The summed E-state index contributed by atoms with van der Waals surface area (Å²) in [7, 11) is 0. The number of aliphatic hydroxyl groups is 15. The Balaban J connectivity index is 1.01. The van der Waals surface area contributed by atoms with E-state index in [1.165, 1.54) is 0 Å². The first-order valence-corrected chi connectivity index (χ1v) is 27.9. The number of rotatable bonds is 12. The SMILES string of the molecule is CC1(C)CC[C@]2(C(=O)O[C@@H]3O[C@H](CO)[C@@H](O)[C@H](O)[C@H]3O)[C@H](O)C[C@]3(C)C(=CC[C@@H]4[C@]5(C)CC[C@H](O[C@@H]6O[C@H](CO)[C@@H](O)[C@H](O[C@@H]7O[C@H](CO)[C@@H](O)[C@H](O)[C@H]7O)[C@H]6O[C@@H]6O[C@H](CO)[C@@H](O)[C@H](O)[C@H]6O)C(C)(C)[C@@H]5CC[C@]43C)[C@@H]2C1. The highest BCUT2D eigenvalue weighted by Gasteiger charge is 2.72. The molecule has 78 heavy (non-hydrogen) atoms. The van der Waals surface area contributed by atoms with Gasteiger partial charge in [0, 0.05) is 0 Å². The molecule has 5 aliphatic carbocycles. The van der Waals surface area contributed by atoms with Crippen molar-refractivity contribution in [1.82, 2.24) is 0 Å². The summed E-state index contributed by atoms with van der Waals surface area (Å²) in [5.41, 5.74) is -2.65. The van der Waals surface area contributed by atoms with E-state index in [1.807, 2.05) is 0 Å². The lowest BCUT2D eigenvalue weighted by Gasteiger charge is -2.72. The minimum absolute atomic E-state index is 0.0242. The van der Waals surface area contributed by atoms with Crippen LogP contribution in [0.1, 0.15) is 106 Å². The van der Waals surface area contributed by atoms with Crippen LogP contribution in [0.25, 0.3) is 0 Å². The van der Waals surface area contributed by atoms with Crippen molar-refractivity contribution in [3.05, 3.63) is 11.6 Å². The average Bonchev–Trinajstić information content (AvgIpc) is 3.48. The van der Waals surface area contributed by atoms with E-state index in [2.05, 4.69) is 54.5 Å². The van der Waals surface area contributed by atoms with Crippen LogP contribution in [0.5, 0.6) is 0 Å². The lowest BCUT2D eigenvalue weighted by atomic mass is 9.33. The minimum Gasteiger partial charge on any atom is -0.432 e. The number of aliphatic hydroxyl groups excluding tert-OH is 15. The van der Waals surface area contributed by atoms with Crippen molar-refractivity contribution >= 4 is 5.97 Å². The zero-order valence-corrected chi connectivity index (χ0v) is 45.6. The number of hydrogen-bond acceptors (Lipinski definition) is 24. The summed E-state index contributed by atoms with van der Waals surface area (Å²) in [4.78, 5) is 14.8. The van der Waals surface area contributed by atoms with Gasteiger partial charge in [-0.3, -0.25) is 4.79 Å². The Morgan fingerprint density at radius 3 is 1.55 bits per heavy atom. The lowest BCUT2D eigenvalue weighted by Crippen LogP contribution is -2.69. The van der Waals surface area contributed by atoms with Gasteiger partial charge < -0.3 is 114 Å². The van der Waals surface area contributed by atoms with Gasteiger partial charge in [-0.15, -0.1) is 0 Å². The molecule has 8 fully saturated rings. The van der Waals surface area contributed by atoms with E-state index in [4.69, 9.17) is 37.9 Å². The second-order valence-electron chi connectivity index (χ2n) is 26.4. The quantitative estimate of drug-likeness (QED) is 0.0524. The van der Waals surface area contributed by atoms with Gasteiger partial charge in [0.15, 0.2) is 18.9 Å². The summed E-state index contributed by atoms with van der Waals surface area (Å²) >= 11 is 0. The standard InChI is InChI=1S/C54H88O24/c1-49(2)14-15-54(48(70)78-46-41(69)38(66)34(62)26(20-57)73-46)23(16-49)22-8-9-29-51(5)12-11-31(50(3,4)28(51)10-13-52(29,6)53(22,7)17-30(54)59)75-47-43(77-45-40(68)37(65)33(61)25(19-56)72-45)42(35(63)27(21-58)74-47)76-44-39(67)36(64)32(60)24(18-55)71-44/h8,23-47,55-69H,9-21H2,1-7H3/t23-,24+,25+,26+,27+,28-,29+,30+,31-,32+,33+,34+,35+,36-,37-,38-,39+,40+,41+,42-,43+,44-,45-,46-,47-,51+,52+,53+,54+/m0/s1. The van der Waals surface area contributed by atoms with Gasteiger partial charge in [-0.2, -0.15) is 0 Å². The van der Waals surface area contributed by atoms with Crippen molar-refractivity contribution in [3.8, 4) is 0 Å². The van der Waals surface area contributed by atoms with E-state index in [-0.39, 0.29) is 35.5 Å². The smallest absolute Gasteiger partial charge is 0.317 e. The Morgan fingerprint density at radius 2 is 1.01 bits per heavy atom. The summed E-state index contributed by atoms with van der Waals surface area (Å²) in [6.45, 7) is 12.2. The van der Waals surface area contributed by atoms with E-state index in [0.717, 1.165) is 5.57 Å². The average molecular weight is 1120 g/mol.